The summed E-state index contributed by atoms with van der Waals surface area (Å²) < 4.78 is 5.23. The topological polar surface area (TPSA) is 36.9 Å². The van der Waals surface area contributed by atoms with E-state index in [1.807, 2.05) is 7.05 Å². The van der Waals surface area contributed by atoms with Crippen molar-refractivity contribution in [1.29, 1.82) is 0 Å². The van der Waals surface area contributed by atoms with Crippen LogP contribution in [0.2, 0.25) is 0 Å². The number of ether oxygens (including phenoxy) is 1. The van der Waals surface area contributed by atoms with E-state index in [1.165, 1.54) is 58.0 Å². The Morgan fingerprint density at radius 1 is 1.25 bits per heavy atom. The molecule has 2 saturated carbocycles. The zero-order chi connectivity index (χ0) is 14.1. The molecule has 0 bridgehead atoms. The van der Waals surface area contributed by atoms with E-state index in [0.717, 1.165) is 19.1 Å². The quantitative estimate of drug-likeness (QED) is 0.619. The fourth-order valence-electron chi connectivity index (χ4n) is 3.81. The molecule has 1 spiro atoms. The van der Waals surface area contributed by atoms with Gasteiger partial charge < -0.3 is 15.0 Å². The van der Waals surface area contributed by atoms with Crippen LogP contribution in [0.5, 0.6) is 0 Å². The Kier molecular flexibility index (Phi) is 3.93. The molecule has 0 atom stereocenters. The molecule has 1 N–H and O–H groups in total. The molecular weight excluding hydrogens is 250 g/mol. The fraction of sp³-hybridized carbons (Fsp3) is 0.938. The van der Waals surface area contributed by atoms with Crippen LogP contribution in [0, 0.1) is 10.8 Å². The third kappa shape index (κ3) is 2.80. The molecule has 1 heterocycles. The Morgan fingerprint density at radius 2 is 2.05 bits per heavy atom. The molecule has 0 aromatic heterocycles. The Labute approximate surface area is 123 Å². The number of aliphatic imine (C=N–C) groups is 1. The van der Waals surface area contributed by atoms with E-state index < -0.39 is 0 Å². The molecule has 0 aromatic rings. The molecule has 4 nitrogen and oxygen atoms in total. The van der Waals surface area contributed by atoms with Gasteiger partial charge in [-0.3, -0.25) is 4.99 Å². The SMILES string of the molecule is CN=C(NCC1(CCOC)CC1)N1CCC2(CCC2)C1. The molecule has 3 rings (SSSR count). The molecule has 4 heteroatoms. The first-order valence-electron chi connectivity index (χ1n) is 8.16. The van der Waals surface area contributed by atoms with Gasteiger partial charge in [-0.2, -0.15) is 0 Å². The van der Waals surface area contributed by atoms with Crippen LogP contribution in [0.4, 0.5) is 0 Å². The van der Waals surface area contributed by atoms with E-state index in [1.54, 1.807) is 7.11 Å². The maximum atomic E-state index is 5.23. The third-order valence-electron chi connectivity index (χ3n) is 5.78. The van der Waals surface area contributed by atoms with Crippen LogP contribution in [-0.2, 0) is 4.74 Å². The van der Waals surface area contributed by atoms with Gasteiger partial charge in [0.05, 0.1) is 0 Å². The molecule has 1 aliphatic heterocycles. The summed E-state index contributed by atoms with van der Waals surface area (Å²) in [6, 6.07) is 0. The standard InChI is InChI=1S/C16H29N3O/c1-17-14(18-12-15(6-7-15)9-11-20-2)19-10-8-16(13-19)4-3-5-16/h3-13H2,1-2H3,(H,17,18). The van der Waals surface area contributed by atoms with Gasteiger partial charge in [0.1, 0.15) is 0 Å². The van der Waals surface area contributed by atoms with Crippen LogP contribution in [0.15, 0.2) is 4.99 Å². The van der Waals surface area contributed by atoms with Gasteiger partial charge in [-0.15, -0.1) is 0 Å². The van der Waals surface area contributed by atoms with Crippen molar-refractivity contribution in [2.24, 2.45) is 15.8 Å². The summed E-state index contributed by atoms with van der Waals surface area (Å²) in [6.07, 6.45) is 9.51. The first-order valence-corrected chi connectivity index (χ1v) is 8.16. The first-order chi connectivity index (χ1) is 9.71. The van der Waals surface area contributed by atoms with E-state index >= 15 is 0 Å². The molecule has 3 aliphatic rings. The van der Waals surface area contributed by atoms with Gasteiger partial charge in [0, 0.05) is 40.4 Å². The van der Waals surface area contributed by atoms with Crippen LogP contribution in [0.1, 0.15) is 44.9 Å². The lowest BCUT2D eigenvalue weighted by Gasteiger charge is -2.38. The van der Waals surface area contributed by atoms with Crippen molar-refractivity contribution in [2.75, 3.05) is 40.4 Å². The first kappa shape index (κ1) is 14.2. The summed E-state index contributed by atoms with van der Waals surface area (Å²) in [5.41, 5.74) is 1.13. The van der Waals surface area contributed by atoms with Gasteiger partial charge in [0.15, 0.2) is 5.96 Å². The molecule has 0 aromatic carbocycles. The molecule has 3 fully saturated rings. The molecule has 1 saturated heterocycles. The number of methoxy groups -OCH3 is 1. The van der Waals surface area contributed by atoms with Crippen molar-refractivity contribution in [2.45, 2.75) is 44.9 Å². The van der Waals surface area contributed by atoms with Gasteiger partial charge in [0.25, 0.3) is 0 Å². The zero-order valence-corrected chi connectivity index (χ0v) is 13.1. The number of nitrogens with one attached hydrogen (secondary N) is 1. The Balaban J connectivity index is 1.48. The van der Waals surface area contributed by atoms with E-state index in [9.17, 15) is 0 Å². The summed E-state index contributed by atoms with van der Waals surface area (Å²) in [5, 5.41) is 3.63. The molecule has 0 radical (unpaired) electrons. The minimum Gasteiger partial charge on any atom is -0.385 e. The van der Waals surface area contributed by atoms with E-state index in [2.05, 4.69) is 15.2 Å². The highest BCUT2D eigenvalue weighted by Gasteiger charge is 2.45. The zero-order valence-electron chi connectivity index (χ0n) is 13.1. The van der Waals surface area contributed by atoms with Crippen molar-refractivity contribution in [1.82, 2.24) is 10.2 Å². The minimum absolute atomic E-state index is 0.486. The fourth-order valence-corrected chi connectivity index (χ4v) is 3.81. The number of likely N-dealkylation sites (tertiary alicyclic amines) is 1. The summed E-state index contributed by atoms with van der Waals surface area (Å²) in [7, 11) is 3.72. The lowest BCUT2D eigenvalue weighted by Crippen LogP contribution is -2.44. The van der Waals surface area contributed by atoms with Crippen LogP contribution < -0.4 is 5.32 Å². The van der Waals surface area contributed by atoms with Gasteiger partial charge in [-0.25, -0.2) is 0 Å². The third-order valence-corrected chi connectivity index (χ3v) is 5.78. The van der Waals surface area contributed by atoms with Crippen molar-refractivity contribution >= 4 is 5.96 Å². The van der Waals surface area contributed by atoms with Crippen LogP contribution in [0.3, 0.4) is 0 Å². The monoisotopic (exact) mass is 279 g/mol. The lowest BCUT2D eigenvalue weighted by molar-refractivity contribution is 0.151. The molecule has 0 amide bonds. The highest BCUT2D eigenvalue weighted by molar-refractivity contribution is 5.80. The van der Waals surface area contributed by atoms with Crippen molar-refractivity contribution < 1.29 is 4.74 Å². The largest absolute Gasteiger partial charge is 0.385 e. The maximum absolute atomic E-state index is 5.23. The van der Waals surface area contributed by atoms with E-state index in [-0.39, 0.29) is 0 Å². The number of hydrogen-bond donors (Lipinski definition) is 1. The average Bonchev–Trinajstić information content (AvgIpc) is 3.04. The minimum atomic E-state index is 0.486. The van der Waals surface area contributed by atoms with E-state index in [4.69, 9.17) is 4.74 Å². The smallest absolute Gasteiger partial charge is 0.193 e. The summed E-state index contributed by atoms with van der Waals surface area (Å²) >= 11 is 0. The Hall–Kier alpha value is -0.770. The highest BCUT2D eigenvalue weighted by atomic mass is 16.5. The second-order valence-corrected chi connectivity index (χ2v) is 7.17. The summed E-state index contributed by atoms with van der Waals surface area (Å²) in [4.78, 5) is 6.98. The summed E-state index contributed by atoms with van der Waals surface area (Å²) in [6.45, 7) is 4.35. The predicted molar refractivity (Wildman–Crippen MR) is 82.0 cm³/mol. The normalized spacial score (nSPS) is 26.7. The van der Waals surface area contributed by atoms with Gasteiger partial charge in [-0.05, 0) is 49.4 Å². The van der Waals surface area contributed by atoms with Crippen LogP contribution in [0.25, 0.3) is 0 Å². The molecule has 20 heavy (non-hydrogen) atoms. The average molecular weight is 279 g/mol. The number of nitrogens with zero attached hydrogens (tertiary/aromatic N) is 2. The van der Waals surface area contributed by atoms with Gasteiger partial charge in [0.2, 0.25) is 0 Å². The van der Waals surface area contributed by atoms with Gasteiger partial charge >= 0.3 is 0 Å². The van der Waals surface area contributed by atoms with Crippen LogP contribution >= 0.6 is 0 Å². The molecular formula is C16H29N3O. The Bertz CT molecular complexity index is 372. The number of guanidine groups is 1. The van der Waals surface area contributed by atoms with Crippen LogP contribution in [-0.4, -0.2) is 51.3 Å². The number of hydrogen-bond acceptors (Lipinski definition) is 2. The molecule has 2 aliphatic carbocycles. The van der Waals surface area contributed by atoms with E-state index in [0.29, 0.717) is 10.8 Å². The van der Waals surface area contributed by atoms with Crippen molar-refractivity contribution in [3.05, 3.63) is 0 Å². The predicted octanol–water partition coefficient (Wildman–Crippen LogP) is 2.25. The second kappa shape index (κ2) is 5.55. The lowest BCUT2D eigenvalue weighted by atomic mass is 9.68. The second-order valence-electron chi connectivity index (χ2n) is 7.17. The maximum Gasteiger partial charge on any atom is 0.193 e. The highest BCUT2D eigenvalue weighted by Crippen LogP contribution is 2.49. The molecule has 0 unspecified atom stereocenters. The Morgan fingerprint density at radius 3 is 2.55 bits per heavy atom. The molecule has 114 valence electrons. The number of rotatable bonds is 5. The van der Waals surface area contributed by atoms with Gasteiger partial charge in [-0.1, -0.05) is 6.42 Å². The van der Waals surface area contributed by atoms with Crippen molar-refractivity contribution in [3.8, 4) is 0 Å². The van der Waals surface area contributed by atoms with Crippen molar-refractivity contribution in [3.63, 3.8) is 0 Å². The summed E-state index contributed by atoms with van der Waals surface area (Å²) in [5.74, 6) is 1.12.